The average molecular weight is 294 g/mol. The minimum atomic E-state index is 0.0216. The van der Waals surface area contributed by atoms with Crippen LogP contribution in [0.5, 0.6) is 0 Å². The Balaban J connectivity index is 1.43. The number of esters is 1. The first-order chi connectivity index (χ1) is 10.2. The van der Waals surface area contributed by atoms with Crippen molar-refractivity contribution in [1.29, 1.82) is 0 Å². The van der Waals surface area contributed by atoms with Crippen LogP contribution in [0.3, 0.4) is 0 Å². The molecule has 0 radical (unpaired) electrons. The molecule has 2 saturated heterocycles. The van der Waals surface area contributed by atoms with Gasteiger partial charge in [-0.3, -0.25) is 4.79 Å². The van der Waals surface area contributed by atoms with Crippen molar-refractivity contribution in [2.24, 2.45) is 5.92 Å². The molecule has 2 bridgehead atoms. The van der Waals surface area contributed by atoms with Crippen molar-refractivity contribution in [2.45, 2.75) is 82.5 Å². The number of carbonyl (C=O) groups is 1. The summed E-state index contributed by atoms with van der Waals surface area (Å²) >= 11 is 0. The molecule has 2 atom stereocenters. The van der Waals surface area contributed by atoms with Crippen LogP contribution in [0.15, 0.2) is 0 Å². The SMILES string of the molecule is CCOC(=O)C1CCC(NC2CC3CCC(C2)N3C)CC1. The van der Waals surface area contributed by atoms with E-state index in [0.717, 1.165) is 37.8 Å². The Bertz CT molecular complexity index is 352. The number of hydrogen-bond donors (Lipinski definition) is 1. The Labute approximate surface area is 128 Å². The van der Waals surface area contributed by atoms with Gasteiger partial charge in [0.15, 0.2) is 0 Å². The molecule has 3 fully saturated rings. The molecule has 1 N–H and O–H groups in total. The first-order valence-electron chi connectivity index (χ1n) is 8.82. The van der Waals surface area contributed by atoms with Crippen molar-refractivity contribution < 1.29 is 9.53 Å². The third-order valence-electron chi connectivity index (χ3n) is 5.92. The van der Waals surface area contributed by atoms with E-state index in [1.165, 1.54) is 25.7 Å². The minimum Gasteiger partial charge on any atom is -0.466 e. The summed E-state index contributed by atoms with van der Waals surface area (Å²) in [5, 5.41) is 3.89. The maximum atomic E-state index is 11.8. The quantitative estimate of drug-likeness (QED) is 0.808. The molecule has 1 aliphatic carbocycles. The smallest absolute Gasteiger partial charge is 0.308 e. The van der Waals surface area contributed by atoms with Crippen molar-refractivity contribution in [1.82, 2.24) is 10.2 Å². The lowest BCUT2D eigenvalue weighted by Gasteiger charge is -2.39. The van der Waals surface area contributed by atoms with E-state index in [1.807, 2.05) is 6.92 Å². The zero-order valence-corrected chi connectivity index (χ0v) is 13.5. The van der Waals surface area contributed by atoms with Crippen LogP contribution >= 0.6 is 0 Å². The standard InChI is InChI=1S/C17H30N2O2/c1-3-21-17(20)12-4-6-13(7-5-12)18-14-10-15-8-9-16(11-14)19(15)2/h12-16,18H,3-11H2,1-2H3. The molecule has 1 saturated carbocycles. The fourth-order valence-corrected chi connectivity index (χ4v) is 4.64. The topological polar surface area (TPSA) is 41.6 Å². The second kappa shape index (κ2) is 6.66. The van der Waals surface area contributed by atoms with Crippen LogP contribution in [-0.2, 0) is 9.53 Å². The number of rotatable bonds is 4. The molecule has 3 rings (SSSR count). The van der Waals surface area contributed by atoms with Crippen LogP contribution in [0, 0.1) is 5.92 Å². The Morgan fingerprint density at radius 3 is 2.24 bits per heavy atom. The molecule has 4 nitrogen and oxygen atoms in total. The predicted octanol–water partition coefficient (Wildman–Crippen LogP) is 2.32. The number of ether oxygens (including phenoxy) is 1. The second-order valence-electron chi connectivity index (χ2n) is 7.19. The Kier molecular flexibility index (Phi) is 4.85. The van der Waals surface area contributed by atoms with Crippen LogP contribution < -0.4 is 5.32 Å². The highest BCUT2D eigenvalue weighted by atomic mass is 16.5. The number of piperidine rings is 1. The van der Waals surface area contributed by atoms with Gasteiger partial charge in [-0.05, 0) is 65.3 Å². The number of nitrogens with zero attached hydrogens (tertiary/aromatic N) is 1. The molecule has 0 aromatic rings. The average Bonchev–Trinajstić information content (AvgIpc) is 2.71. The van der Waals surface area contributed by atoms with Crippen LogP contribution in [0.25, 0.3) is 0 Å². The predicted molar refractivity (Wildman–Crippen MR) is 83.1 cm³/mol. The minimum absolute atomic E-state index is 0.0216. The lowest BCUT2D eigenvalue weighted by atomic mass is 9.85. The highest BCUT2D eigenvalue weighted by Gasteiger charge is 2.39. The fourth-order valence-electron chi connectivity index (χ4n) is 4.64. The van der Waals surface area contributed by atoms with E-state index in [1.54, 1.807) is 0 Å². The van der Waals surface area contributed by atoms with E-state index in [4.69, 9.17) is 4.74 Å². The van der Waals surface area contributed by atoms with Crippen molar-refractivity contribution in [3.05, 3.63) is 0 Å². The van der Waals surface area contributed by atoms with Crippen LogP contribution in [0.2, 0.25) is 0 Å². The Morgan fingerprint density at radius 1 is 1.05 bits per heavy atom. The summed E-state index contributed by atoms with van der Waals surface area (Å²) in [6, 6.07) is 2.92. The molecule has 3 aliphatic rings. The zero-order chi connectivity index (χ0) is 14.8. The number of fused-ring (bicyclic) bond motifs is 2. The van der Waals surface area contributed by atoms with E-state index >= 15 is 0 Å². The van der Waals surface area contributed by atoms with Crippen LogP contribution in [-0.4, -0.2) is 48.7 Å². The van der Waals surface area contributed by atoms with Gasteiger partial charge in [-0.25, -0.2) is 0 Å². The van der Waals surface area contributed by atoms with Gasteiger partial charge >= 0.3 is 5.97 Å². The highest BCUT2D eigenvalue weighted by molar-refractivity contribution is 5.72. The summed E-state index contributed by atoms with van der Waals surface area (Å²) in [6.45, 7) is 2.40. The van der Waals surface area contributed by atoms with Gasteiger partial charge in [0.2, 0.25) is 0 Å². The van der Waals surface area contributed by atoms with Gasteiger partial charge in [0.25, 0.3) is 0 Å². The first kappa shape index (κ1) is 15.3. The van der Waals surface area contributed by atoms with Gasteiger partial charge in [0.1, 0.15) is 0 Å². The van der Waals surface area contributed by atoms with Gasteiger partial charge in [-0.1, -0.05) is 0 Å². The third-order valence-corrected chi connectivity index (χ3v) is 5.92. The molecule has 2 heterocycles. The summed E-state index contributed by atoms with van der Waals surface area (Å²) < 4.78 is 5.15. The summed E-state index contributed by atoms with van der Waals surface area (Å²) in [7, 11) is 2.29. The maximum Gasteiger partial charge on any atom is 0.308 e. The molecule has 0 aromatic heterocycles. The lowest BCUT2D eigenvalue weighted by molar-refractivity contribution is -0.149. The van der Waals surface area contributed by atoms with Crippen molar-refractivity contribution >= 4 is 5.97 Å². The lowest BCUT2D eigenvalue weighted by Crippen LogP contribution is -2.50. The molecule has 2 aliphatic heterocycles. The summed E-state index contributed by atoms with van der Waals surface area (Å²) in [6.07, 6.45) is 9.64. The molecule has 120 valence electrons. The maximum absolute atomic E-state index is 11.8. The summed E-state index contributed by atoms with van der Waals surface area (Å²) in [4.78, 5) is 14.4. The van der Waals surface area contributed by atoms with Crippen molar-refractivity contribution in [2.75, 3.05) is 13.7 Å². The molecule has 0 spiro atoms. The van der Waals surface area contributed by atoms with Crippen LogP contribution in [0.4, 0.5) is 0 Å². The van der Waals surface area contributed by atoms with Gasteiger partial charge in [0.05, 0.1) is 12.5 Å². The van der Waals surface area contributed by atoms with Crippen molar-refractivity contribution in [3.8, 4) is 0 Å². The third kappa shape index (κ3) is 3.42. The largest absolute Gasteiger partial charge is 0.466 e. The number of nitrogens with one attached hydrogen (secondary N) is 1. The van der Waals surface area contributed by atoms with E-state index in [9.17, 15) is 4.79 Å². The second-order valence-corrected chi connectivity index (χ2v) is 7.19. The molecule has 0 amide bonds. The van der Waals surface area contributed by atoms with Crippen LogP contribution in [0.1, 0.15) is 58.3 Å². The molecule has 0 aromatic carbocycles. The molecular weight excluding hydrogens is 264 g/mol. The van der Waals surface area contributed by atoms with Gasteiger partial charge < -0.3 is 15.0 Å². The number of hydrogen-bond acceptors (Lipinski definition) is 4. The molecule has 2 unspecified atom stereocenters. The zero-order valence-electron chi connectivity index (χ0n) is 13.5. The van der Waals surface area contributed by atoms with E-state index in [-0.39, 0.29) is 11.9 Å². The van der Waals surface area contributed by atoms with E-state index in [2.05, 4.69) is 17.3 Å². The summed E-state index contributed by atoms with van der Waals surface area (Å²) in [5.41, 5.74) is 0. The highest BCUT2D eigenvalue weighted by Crippen LogP contribution is 2.35. The van der Waals surface area contributed by atoms with E-state index in [0.29, 0.717) is 18.7 Å². The fraction of sp³-hybridized carbons (Fsp3) is 0.941. The Morgan fingerprint density at radius 2 is 1.67 bits per heavy atom. The van der Waals surface area contributed by atoms with Crippen molar-refractivity contribution in [3.63, 3.8) is 0 Å². The normalized spacial score (nSPS) is 40.2. The van der Waals surface area contributed by atoms with Gasteiger partial charge in [0, 0.05) is 24.2 Å². The molecule has 21 heavy (non-hydrogen) atoms. The first-order valence-corrected chi connectivity index (χ1v) is 8.82. The summed E-state index contributed by atoms with van der Waals surface area (Å²) in [5.74, 6) is 0.171. The Hall–Kier alpha value is -0.610. The van der Waals surface area contributed by atoms with Gasteiger partial charge in [-0.15, -0.1) is 0 Å². The molecular formula is C17H30N2O2. The number of carbonyl (C=O) groups excluding carboxylic acids is 1. The van der Waals surface area contributed by atoms with E-state index < -0.39 is 0 Å². The molecule has 4 heteroatoms. The van der Waals surface area contributed by atoms with Gasteiger partial charge in [-0.2, -0.15) is 0 Å². The monoisotopic (exact) mass is 294 g/mol.